The van der Waals surface area contributed by atoms with Crippen molar-refractivity contribution < 1.29 is 14.3 Å². The molecular weight excluding hydrogens is 394 g/mol. The molecule has 162 valence electrons. The number of benzene rings is 1. The standard InChI is InChI=1S/C23H27N5O3/c1-30-20-6-2-4-18(14-20)22-15-21(19-5-3-7-24-16-19)26-28(22)9-8-25-23(29)17-27-10-12-31-13-11-27/h2-7,14-16H,8-13,17H2,1H3,(H,25,29). The normalized spacial score (nSPS) is 14.4. The lowest BCUT2D eigenvalue weighted by Gasteiger charge is -2.25. The summed E-state index contributed by atoms with van der Waals surface area (Å²) in [7, 11) is 1.65. The summed E-state index contributed by atoms with van der Waals surface area (Å²) in [4.78, 5) is 18.6. The number of pyridine rings is 1. The predicted molar refractivity (Wildman–Crippen MR) is 118 cm³/mol. The number of amides is 1. The van der Waals surface area contributed by atoms with Gasteiger partial charge in [-0.1, -0.05) is 12.1 Å². The quantitative estimate of drug-likeness (QED) is 0.600. The molecule has 8 heteroatoms. The van der Waals surface area contributed by atoms with Crippen molar-refractivity contribution in [2.75, 3.05) is 46.5 Å². The number of carbonyl (C=O) groups is 1. The third-order valence-electron chi connectivity index (χ3n) is 5.22. The second-order valence-electron chi connectivity index (χ2n) is 7.35. The van der Waals surface area contributed by atoms with E-state index in [2.05, 4.69) is 15.2 Å². The zero-order chi connectivity index (χ0) is 21.5. The number of aromatic nitrogens is 3. The smallest absolute Gasteiger partial charge is 0.234 e. The summed E-state index contributed by atoms with van der Waals surface area (Å²) in [6, 6.07) is 13.8. The van der Waals surface area contributed by atoms with Crippen LogP contribution in [0.4, 0.5) is 0 Å². The van der Waals surface area contributed by atoms with Gasteiger partial charge in [-0.15, -0.1) is 0 Å². The topological polar surface area (TPSA) is 81.5 Å². The van der Waals surface area contributed by atoms with E-state index in [-0.39, 0.29) is 5.91 Å². The minimum atomic E-state index is 0.0180. The molecule has 1 aliphatic rings. The number of hydrogen-bond acceptors (Lipinski definition) is 6. The number of nitrogens with one attached hydrogen (secondary N) is 1. The summed E-state index contributed by atoms with van der Waals surface area (Å²) in [5, 5.41) is 7.79. The van der Waals surface area contributed by atoms with Gasteiger partial charge in [-0.05, 0) is 30.3 Å². The first-order valence-electron chi connectivity index (χ1n) is 10.4. The fourth-order valence-electron chi connectivity index (χ4n) is 3.58. The lowest BCUT2D eigenvalue weighted by molar-refractivity contribution is -0.123. The van der Waals surface area contributed by atoms with Gasteiger partial charge in [-0.25, -0.2) is 0 Å². The molecule has 1 fully saturated rings. The SMILES string of the molecule is COc1cccc(-c2cc(-c3cccnc3)nn2CCNC(=O)CN2CCOCC2)c1. The van der Waals surface area contributed by atoms with Crippen molar-refractivity contribution in [3.8, 4) is 28.3 Å². The van der Waals surface area contributed by atoms with Gasteiger partial charge in [0.2, 0.25) is 5.91 Å². The number of ether oxygens (including phenoxy) is 2. The van der Waals surface area contributed by atoms with E-state index < -0.39 is 0 Å². The Kier molecular flexibility index (Phi) is 6.91. The van der Waals surface area contributed by atoms with Crippen LogP contribution in [-0.2, 0) is 16.1 Å². The Morgan fingerprint density at radius 2 is 2.00 bits per heavy atom. The number of carbonyl (C=O) groups excluding carboxylic acids is 1. The molecule has 0 unspecified atom stereocenters. The second kappa shape index (κ2) is 10.2. The molecule has 1 saturated heterocycles. The van der Waals surface area contributed by atoms with E-state index in [1.807, 2.05) is 47.1 Å². The molecule has 0 spiro atoms. The average molecular weight is 422 g/mol. The molecular formula is C23H27N5O3. The van der Waals surface area contributed by atoms with Gasteiger partial charge in [0.15, 0.2) is 0 Å². The van der Waals surface area contributed by atoms with Gasteiger partial charge in [0, 0.05) is 43.2 Å². The Morgan fingerprint density at radius 1 is 1.16 bits per heavy atom. The van der Waals surface area contributed by atoms with Crippen LogP contribution in [0, 0.1) is 0 Å². The number of nitrogens with zero attached hydrogens (tertiary/aromatic N) is 4. The largest absolute Gasteiger partial charge is 0.497 e. The summed E-state index contributed by atoms with van der Waals surface area (Å²) in [6.45, 7) is 4.40. The number of morpholine rings is 1. The monoisotopic (exact) mass is 421 g/mol. The Balaban J connectivity index is 1.48. The van der Waals surface area contributed by atoms with Crippen molar-refractivity contribution >= 4 is 5.91 Å². The van der Waals surface area contributed by atoms with E-state index in [4.69, 9.17) is 14.6 Å². The average Bonchev–Trinajstić information content (AvgIpc) is 3.24. The first-order valence-corrected chi connectivity index (χ1v) is 10.4. The molecule has 0 atom stereocenters. The van der Waals surface area contributed by atoms with Gasteiger partial charge in [-0.2, -0.15) is 5.10 Å². The van der Waals surface area contributed by atoms with Gasteiger partial charge < -0.3 is 14.8 Å². The van der Waals surface area contributed by atoms with E-state index in [1.165, 1.54) is 0 Å². The van der Waals surface area contributed by atoms with Crippen LogP contribution in [0.2, 0.25) is 0 Å². The number of rotatable bonds is 8. The van der Waals surface area contributed by atoms with Crippen LogP contribution in [0.25, 0.3) is 22.5 Å². The van der Waals surface area contributed by atoms with Crippen LogP contribution in [0.15, 0.2) is 54.9 Å². The van der Waals surface area contributed by atoms with E-state index in [9.17, 15) is 4.79 Å². The maximum atomic E-state index is 12.3. The molecule has 3 aromatic rings. The molecule has 0 radical (unpaired) electrons. The molecule has 0 saturated carbocycles. The molecule has 2 aromatic heterocycles. The minimum absolute atomic E-state index is 0.0180. The van der Waals surface area contributed by atoms with E-state index in [0.717, 1.165) is 41.4 Å². The predicted octanol–water partition coefficient (Wildman–Crippen LogP) is 2.07. The molecule has 8 nitrogen and oxygen atoms in total. The third kappa shape index (κ3) is 5.48. The molecule has 1 amide bonds. The zero-order valence-corrected chi connectivity index (χ0v) is 17.7. The van der Waals surface area contributed by atoms with Crippen LogP contribution in [0.3, 0.4) is 0 Å². The minimum Gasteiger partial charge on any atom is -0.497 e. The van der Waals surface area contributed by atoms with Gasteiger partial charge in [0.25, 0.3) is 0 Å². The Hall–Kier alpha value is -3.23. The van der Waals surface area contributed by atoms with Crippen molar-refractivity contribution in [3.63, 3.8) is 0 Å². The molecule has 0 aliphatic carbocycles. The van der Waals surface area contributed by atoms with Crippen LogP contribution >= 0.6 is 0 Å². The first kappa shape index (κ1) is 21.0. The van der Waals surface area contributed by atoms with Gasteiger partial charge >= 0.3 is 0 Å². The van der Waals surface area contributed by atoms with Gasteiger partial charge in [-0.3, -0.25) is 19.4 Å². The summed E-state index contributed by atoms with van der Waals surface area (Å²) < 4.78 is 12.6. The van der Waals surface area contributed by atoms with Crippen molar-refractivity contribution in [2.45, 2.75) is 6.54 Å². The molecule has 4 rings (SSSR count). The molecule has 31 heavy (non-hydrogen) atoms. The van der Waals surface area contributed by atoms with Crippen LogP contribution < -0.4 is 10.1 Å². The highest BCUT2D eigenvalue weighted by Gasteiger charge is 2.15. The lowest BCUT2D eigenvalue weighted by atomic mass is 10.1. The van der Waals surface area contributed by atoms with Crippen LogP contribution in [-0.4, -0.2) is 72.1 Å². The lowest BCUT2D eigenvalue weighted by Crippen LogP contribution is -2.43. The molecule has 1 N–H and O–H groups in total. The van der Waals surface area contributed by atoms with Crippen molar-refractivity contribution in [3.05, 3.63) is 54.9 Å². The fraction of sp³-hybridized carbons (Fsp3) is 0.348. The highest BCUT2D eigenvalue weighted by Crippen LogP contribution is 2.28. The van der Waals surface area contributed by atoms with Crippen molar-refractivity contribution in [1.82, 2.24) is 25.0 Å². The first-order chi connectivity index (χ1) is 15.2. The molecule has 1 aromatic carbocycles. The summed E-state index contributed by atoms with van der Waals surface area (Å²) in [5.41, 5.74) is 3.74. The summed E-state index contributed by atoms with van der Waals surface area (Å²) in [5.74, 6) is 0.802. The number of hydrogen-bond donors (Lipinski definition) is 1. The maximum absolute atomic E-state index is 12.3. The van der Waals surface area contributed by atoms with Gasteiger partial charge in [0.05, 0.1) is 44.8 Å². The van der Waals surface area contributed by atoms with Crippen molar-refractivity contribution in [2.24, 2.45) is 0 Å². The van der Waals surface area contributed by atoms with Crippen LogP contribution in [0.1, 0.15) is 0 Å². The zero-order valence-electron chi connectivity index (χ0n) is 17.7. The Labute approximate surface area is 181 Å². The highest BCUT2D eigenvalue weighted by molar-refractivity contribution is 5.78. The van der Waals surface area contributed by atoms with Crippen LogP contribution in [0.5, 0.6) is 5.75 Å². The molecule has 3 heterocycles. The molecule has 1 aliphatic heterocycles. The van der Waals surface area contributed by atoms with Gasteiger partial charge in [0.1, 0.15) is 5.75 Å². The summed E-state index contributed by atoms with van der Waals surface area (Å²) in [6.07, 6.45) is 3.54. The maximum Gasteiger partial charge on any atom is 0.234 e. The van der Waals surface area contributed by atoms with Crippen molar-refractivity contribution in [1.29, 1.82) is 0 Å². The van der Waals surface area contributed by atoms with E-state index in [1.54, 1.807) is 19.5 Å². The van der Waals surface area contributed by atoms with E-state index in [0.29, 0.717) is 32.8 Å². The Morgan fingerprint density at radius 3 is 2.77 bits per heavy atom. The highest BCUT2D eigenvalue weighted by atomic mass is 16.5. The summed E-state index contributed by atoms with van der Waals surface area (Å²) >= 11 is 0. The number of methoxy groups -OCH3 is 1. The fourth-order valence-corrected chi connectivity index (χ4v) is 3.58. The van der Waals surface area contributed by atoms with E-state index >= 15 is 0 Å². The second-order valence-corrected chi connectivity index (χ2v) is 7.35. The molecule has 0 bridgehead atoms. The Bertz CT molecular complexity index is 999. The third-order valence-corrected chi connectivity index (χ3v) is 5.22.